The van der Waals surface area contributed by atoms with Crippen LogP contribution in [0.3, 0.4) is 0 Å². The van der Waals surface area contributed by atoms with Gasteiger partial charge in [-0.15, -0.1) is 0 Å². The van der Waals surface area contributed by atoms with Crippen molar-refractivity contribution in [2.45, 2.75) is 44.3 Å². The van der Waals surface area contributed by atoms with Crippen LogP contribution < -0.4 is 16.4 Å². The van der Waals surface area contributed by atoms with Gasteiger partial charge in [0.1, 0.15) is 0 Å². The Labute approximate surface area is 165 Å². The van der Waals surface area contributed by atoms with E-state index in [0.29, 0.717) is 0 Å². The van der Waals surface area contributed by atoms with E-state index in [-0.39, 0.29) is 29.9 Å². The summed E-state index contributed by atoms with van der Waals surface area (Å²) in [5, 5.41) is 5.53. The van der Waals surface area contributed by atoms with Crippen molar-refractivity contribution in [2.24, 2.45) is 5.73 Å². The molecule has 28 heavy (non-hydrogen) atoms. The molecule has 3 rings (SSSR count). The second-order valence-corrected chi connectivity index (χ2v) is 9.84. The average Bonchev–Trinajstić information content (AvgIpc) is 3.21. The van der Waals surface area contributed by atoms with E-state index in [4.69, 9.17) is 5.73 Å². The predicted molar refractivity (Wildman–Crippen MR) is 106 cm³/mol. The van der Waals surface area contributed by atoms with E-state index in [1.807, 2.05) is 31.2 Å². The fourth-order valence-corrected chi connectivity index (χ4v) is 6.19. The van der Waals surface area contributed by atoms with Crippen molar-refractivity contribution in [2.75, 3.05) is 24.6 Å². The highest BCUT2D eigenvalue weighted by Crippen LogP contribution is 2.24. The zero-order valence-corrected chi connectivity index (χ0v) is 16.9. The highest BCUT2D eigenvalue weighted by Gasteiger charge is 2.42. The number of nitrogens with two attached hydrogens (primary N) is 1. The van der Waals surface area contributed by atoms with Crippen LogP contribution in [0.25, 0.3) is 0 Å². The number of nitrogens with zero attached hydrogens (tertiary/aromatic N) is 1. The number of hydrogen-bond acceptors (Lipinski definition) is 5. The molecule has 3 amide bonds. The van der Waals surface area contributed by atoms with Gasteiger partial charge in [0.2, 0.25) is 5.91 Å². The standard InChI is InChI=1S/C19H28N4O4S/c1-13-6-2-3-7-14(13)15(22-19(20)25)10-18(24)21-16-11-28(26,27)12-17(16)23-8-4-5-9-23/h2-3,6-7,15-17H,4-5,8-12H2,1H3,(H,21,24)(H3,20,22,25). The maximum absolute atomic E-state index is 12.7. The third-order valence-electron chi connectivity index (χ3n) is 5.55. The number of likely N-dealkylation sites (tertiary alicyclic amines) is 1. The van der Waals surface area contributed by atoms with Crippen LogP contribution in [0.1, 0.15) is 36.4 Å². The van der Waals surface area contributed by atoms with Crippen molar-refractivity contribution in [1.82, 2.24) is 15.5 Å². The molecule has 9 heteroatoms. The number of carbonyl (C=O) groups is 2. The largest absolute Gasteiger partial charge is 0.352 e. The second kappa shape index (κ2) is 8.48. The topological polar surface area (TPSA) is 122 Å². The van der Waals surface area contributed by atoms with Crippen LogP contribution in [0.15, 0.2) is 24.3 Å². The van der Waals surface area contributed by atoms with Crippen LogP contribution in [0.2, 0.25) is 0 Å². The van der Waals surface area contributed by atoms with Gasteiger partial charge in [0, 0.05) is 6.04 Å². The highest BCUT2D eigenvalue weighted by molar-refractivity contribution is 7.91. The quantitative estimate of drug-likeness (QED) is 0.632. The van der Waals surface area contributed by atoms with E-state index < -0.39 is 28.0 Å². The van der Waals surface area contributed by atoms with Gasteiger partial charge in [-0.1, -0.05) is 24.3 Å². The van der Waals surface area contributed by atoms with E-state index >= 15 is 0 Å². The molecule has 154 valence electrons. The molecule has 0 aromatic heterocycles. The van der Waals surface area contributed by atoms with Crippen LogP contribution >= 0.6 is 0 Å². The number of hydrogen-bond donors (Lipinski definition) is 3. The number of sulfone groups is 1. The van der Waals surface area contributed by atoms with Crippen molar-refractivity contribution in [3.63, 3.8) is 0 Å². The van der Waals surface area contributed by atoms with Gasteiger partial charge in [0.25, 0.3) is 0 Å². The highest BCUT2D eigenvalue weighted by atomic mass is 32.2. The summed E-state index contributed by atoms with van der Waals surface area (Å²) in [6.07, 6.45) is 2.10. The molecular formula is C19H28N4O4S. The summed E-state index contributed by atoms with van der Waals surface area (Å²) in [5.41, 5.74) is 7.04. The van der Waals surface area contributed by atoms with Gasteiger partial charge < -0.3 is 16.4 Å². The molecule has 3 unspecified atom stereocenters. The predicted octanol–water partition coefficient (Wildman–Crippen LogP) is 0.472. The Balaban J connectivity index is 1.71. The molecule has 4 N–H and O–H groups in total. The van der Waals surface area contributed by atoms with Gasteiger partial charge in [-0.05, 0) is 44.0 Å². The molecule has 1 aromatic carbocycles. The molecule has 0 spiro atoms. The number of amides is 3. The monoisotopic (exact) mass is 408 g/mol. The number of benzene rings is 1. The van der Waals surface area contributed by atoms with E-state index in [2.05, 4.69) is 15.5 Å². The lowest BCUT2D eigenvalue weighted by atomic mass is 9.98. The van der Waals surface area contributed by atoms with Crippen molar-refractivity contribution >= 4 is 21.8 Å². The molecule has 2 aliphatic rings. The van der Waals surface area contributed by atoms with Crippen LogP contribution in [-0.2, 0) is 14.6 Å². The average molecular weight is 409 g/mol. The molecule has 1 aromatic rings. The van der Waals surface area contributed by atoms with Crippen LogP contribution in [0, 0.1) is 6.92 Å². The number of primary amides is 1. The first kappa shape index (κ1) is 20.6. The minimum absolute atomic E-state index is 0.00292. The van der Waals surface area contributed by atoms with Gasteiger partial charge >= 0.3 is 6.03 Å². The fourth-order valence-electron chi connectivity index (χ4n) is 4.24. The van der Waals surface area contributed by atoms with Gasteiger partial charge in [-0.2, -0.15) is 0 Å². The van der Waals surface area contributed by atoms with Gasteiger partial charge in [0.15, 0.2) is 9.84 Å². The SMILES string of the molecule is Cc1ccccc1C(CC(=O)NC1CS(=O)(=O)CC1N1CCCC1)NC(N)=O. The number of aryl methyl sites for hydroxylation is 1. The third kappa shape index (κ3) is 5.02. The first-order valence-corrected chi connectivity index (χ1v) is 11.4. The normalized spacial score (nSPS) is 25.3. The summed E-state index contributed by atoms with van der Waals surface area (Å²) in [5.74, 6) is -0.259. The van der Waals surface area contributed by atoms with Gasteiger partial charge in [-0.25, -0.2) is 13.2 Å². The maximum Gasteiger partial charge on any atom is 0.312 e. The molecular weight excluding hydrogens is 380 g/mol. The van der Waals surface area contributed by atoms with Gasteiger partial charge in [-0.3, -0.25) is 9.69 Å². The molecule has 3 atom stereocenters. The minimum atomic E-state index is -3.18. The summed E-state index contributed by atoms with van der Waals surface area (Å²) in [6, 6.07) is 5.57. The molecule has 2 fully saturated rings. The maximum atomic E-state index is 12.7. The molecule has 0 bridgehead atoms. The lowest BCUT2D eigenvalue weighted by Crippen LogP contribution is -2.50. The van der Waals surface area contributed by atoms with Crippen molar-refractivity contribution in [1.29, 1.82) is 0 Å². The van der Waals surface area contributed by atoms with Crippen LogP contribution in [0.4, 0.5) is 4.79 Å². The zero-order valence-electron chi connectivity index (χ0n) is 16.1. The van der Waals surface area contributed by atoms with E-state index in [1.54, 1.807) is 0 Å². The van der Waals surface area contributed by atoms with E-state index in [1.165, 1.54) is 0 Å². The molecule has 2 saturated heterocycles. The lowest BCUT2D eigenvalue weighted by molar-refractivity contribution is -0.122. The zero-order chi connectivity index (χ0) is 20.3. The van der Waals surface area contributed by atoms with Crippen molar-refractivity contribution in [3.05, 3.63) is 35.4 Å². The molecule has 2 aliphatic heterocycles. The summed E-state index contributed by atoms with van der Waals surface area (Å²) in [4.78, 5) is 26.3. The Hall–Kier alpha value is -2.13. The first-order valence-electron chi connectivity index (χ1n) is 9.60. The molecule has 0 saturated carbocycles. The van der Waals surface area contributed by atoms with Crippen LogP contribution in [-0.4, -0.2) is 61.9 Å². The molecule has 0 radical (unpaired) electrons. The number of urea groups is 1. The smallest absolute Gasteiger partial charge is 0.312 e. The summed E-state index contributed by atoms with van der Waals surface area (Å²) >= 11 is 0. The molecule has 8 nitrogen and oxygen atoms in total. The summed E-state index contributed by atoms with van der Waals surface area (Å²) in [7, 11) is -3.18. The van der Waals surface area contributed by atoms with E-state index in [0.717, 1.165) is 37.1 Å². The number of nitrogens with one attached hydrogen (secondary N) is 2. The molecule has 2 heterocycles. The fraction of sp³-hybridized carbons (Fsp3) is 0.579. The number of carbonyl (C=O) groups excluding carboxylic acids is 2. The summed E-state index contributed by atoms with van der Waals surface area (Å²) in [6.45, 7) is 3.62. The van der Waals surface area contributed by atoms with Gasteiger partial charge in [0.05, 0.1) is 30.0 Å². The van der Waals surface area contributed by atoms with E-state index in [9.17, 15) is 18.0 Å². The Morgan fingerprint density at radius 3 is 2.54 bits per heavy atom. The molecule has 0 aliphatic carbocycles. The second-order valence-electron chi connectivity index (χ2n) is 7.68. The number of rotatable bonds is 6. The Morgan fingerprint density at radius 2 is 1.89 bits per heavy atom. The minimum Gasteiger partial charge on any atom is -0.352 e. The lowest BCUT2D eigenvalue weighted by Gasteiger charge is -2.29. The third-order valence-corrected chi connectivity index (χ3v) is 7.26. The van der Waals surface area contributed by atoms with Crippen molar-refractivity contribution < 1.29 is 18.0 Å². The Morgan fingerprint density at radius 1 is 1.21 bits per heavy atom. The summed E-state index contributed by atoms with van der Waals surface area (Å²) < 4.78 is 24.3. The van der Waals surface area contributed by atoms with Crippen molar-refractivity contribution in [3.8, 4) is 0 Å². The first-order chi connectivity index (χ1) is 13.2. The Kier molecular flexibility index (Phi) is 6.24. The Bertz CT molecular complexity index is 836. The van der Waals surface area contributed by atoms with Crippen LogP contribution in [0.5, 0.6) is 0 Å².